The van der Waals surface area contributed by atoms with Gasteiger partial charge in [0.2, 0.25) is 0 Å². The fraction of sp³-hybridized carbons (Fsp3) is 0.500. The smallest absolute Gasteiger partial charge is 0.175 e. The Hall–Kier alpha value is -1.55. The average Bonchev–Trinajstić information content (AvgIpc) is 2.30. The van der Waals surface area contributed by atoms with E-state index in [4.69, 9.17) is 0 Å². The fourth-order valence-corrected chi connectivity index (χ4v) is 3.75. The topological polar surface area (TPSA) is 71.4 Å². The number of carbonyl (C=O) groups is 3. The van der Waals surface area contributed by atoms with E-state index in [0.29, 0.717) is 0 Å². The fourth-order valence-electron chi connectivity index (χ4n) is 3.75. The predicted molar refractivity (Wildman–Crippen MR) is 62.5 cm³/mol. The number of allylic oxidation sites excluding steroid dienone is 3. The Bertz CT molecular complexity index is 540. The number of hydrogen-bond acceptors (Lipinski definition) is 4. The second-order valence-electron chi connectivity index (χ2n) is 5.79. The van der Waals surface area contributed by atoms with Gasteiger partial charge in [0, 0.05) is 17.8 Å². The Morgan fingerprint density at radius 1 is 1.11 bits per heavy atom. The molecule has 1 N–H and O–H groups in total. The lowest BCUT2D eigenvalue weighted by molar-refractivity contribution is -0.173. The van der Waals surface area contributed by atoms with E-state index in [1.54, 1.807) is 19.1 Å². The third-order valence-corrected chi connectivity index (χ3v) is 4.69. The van der Waals surface area contributed by atoms with Gasteiger partial charge in [0.25, 0.3) is 0 Å². The Labute approximate surface area is 104 Å². The summed E-state index contributed by atoms with van der Waals surface area (Å²) in [4.78, 5) is 36.4. The zero-order chi connectivity index (χ0) is 13.3. The normalized spacial score (nSPS) is 49.7. The molecule has 0 amide bonds. The van der Waals surface area contributed by atoms with Crippen molar-refractivity contribution in [2.45, 2.75) is 19.4 Å². The molecule has 4 heteroatoms. The van der Waals surface area contributed by atoms with Crippen molar-refractivity contribution in [1.82, 2.24) is 0 Å². The van der Waals surface area contributed by atoms with Crippen molar-refractivity contribution in [3.8, 4) is 0 Å². The quantitative estimate of drug-likeness (QED) is 0.630. The van der Waals surface area contributed by atoms with Crippen LogP contribution in [0.3, 0.4) is 0 Å². The van der Waals surface area contributed by atoms with Crippen molar-refractivity contribution < 1.29 is 19.5 Å². The van der Waals surface area contributed by atoms with E-state index in [0.717, 1.165) is 0 Å². The van der Waals surface area contributed by atoms with Crippen LogP contribution in [0.4, 0.5) is 0 Å². The summed E-state index contributed by atoms with van der Waals surface area (Å²) in [5, 5.41) is 10.4. The molecule has 0 saturated heterocycles. The molecule has 18 heavy (non-hydrogen) atoms. The van der Waals surface area contributed by atoms with E-state index in [-0.39, 0.29) is 17.3 Å². The molecule has 1 fully saturated rings. The third kappa shape index (κ3) is 1.07. The largest absolute Gasteiger partial charge is 0.382 e. The maximum absolute atomic E-state index is 12.3. The molecule has 0 radical (unpaired) electrons. The molecule has 0 aromatic heterocycles. The van der Waals surface area contributed by atoms with Crippen molar-refractivity contribution in [1.29, 1.82) is 0 Å². The Kier molecular flexibility index (Phi) is 1.96. The second-order valence-corrected chi connectivity index (χ2v) is 5.79. The molecule has 0 aromatic rings. The Balaban J connectivity index is 2.25. The maximum Gasteiger partial charge on any atom is 0.175 e. The highest BCUT2D eigenvalue weighted by Crippen LogP contribution is 2.56. The van der Waals surface area contributed by atoms with Crippen LogP contribution in [0.1, 0.15) is 13.8 Å². The van der Waals surface area contributed by atoms with Gasteiger partial charge >= 0.3 is 0 Å². The second kappa shape index (κ2) is 3.06. The van der Waals surface area contributed by atoms with Gasteiger partial charge in [-0.05, 0) is 26.0 Å². The lowest BCUT2D eigenvalue weighted by Gasteiger charge is -2.55. The van der Waals surface area contributed by atoms with Crippen molar-refractivity contribution in [2.24, 2.45) is 23.2 Å². The molecule has 0 heterocycles. The summed E-state index contributed by atoms with van der Waals surface area (Å²) < 4.78 is 0. The van der Waals surface area contributed by atoms with Crippen LogP contribution in [0.25, 0.3) is 0 Å². The summed E-state index contributed by atoms with van der Waals surface area (Å²) >= 11 is 0. The molecule has 1 saturated carbocycles. The predicted octanol–water partition coefficient (Wildman–Crippen LogP) is 0.453. The molecule has 2 bridgehead atoms. The summed E-state index contributed by atoms with van der Waals surface area (Å²) in [5.74, 6) is -2.59. The standard InChI is InChI=1S/C14H14O4/c1-13-6-5-7(14(2,18)12(13)17)10-8(15)3-4-9(16)11(10)13/h3-7,10-11,18H,1-2H3. The van der Waals surface area contributed by atoms with Gasteiger partial charge in [-0.25, -0.2) is 0 Å². The number of ketones is 3. The molecule has 0 aromatic carbocycles. The molecule has 4 aliphatic rings. The first-order chi connectivity index (χ1) is 8.30. The highest BCUT2D eigenvalue weighted by Gasteiger charge is 2.66. The van der Waals surface area contributed by atoms with Crippen LogP contribution in [0.5, 0.6) is 0 Å². The minimum Gasteiger partial charge on any atom is -0.382 e. The SMILES string of the molecule is CC1(O)C(=O)C2(C)C=CC1C1C(=O)C=CC(=O)C12. The lowest BCUT2D eigenvalue weighted by Crippen LogP contribution is -2.67. The number of rotatable bonds is 0. The summed E-state index contributed by atoms with van der Waals surface area (Å²) in [7, 11) is 0. The van der Waals surface area contributed by atoms with Gasteiger partial charge in [0.05, 0.1) is 5.41 Å². The zero-order valence-corrected chi connectivity index (χ0v) is 10.2. The van der Waals surface area contributed by atoms with Gasteiger partial charge < -0.3 is 5.11 Å². The lowest BCUT2D eigenvalue weighted by atomic mass is 9.47. The van der Waals surface area contributed by atoms with Gasteiger partial charge in [-0.2, -0.15) is 0 Å². The van der Waals surface area contributed by atoms with Gasteiger partial charge in [-0.3, -0.25) is 14.4 Å². The number of Topliss-reactive ketones (excluding diaryl/α,β-unsaturated/α-hetero) is 1. The molecule has 0 aliphatic heterocycles. The average molecular weight is 246 g/mol. The molecule has 4 aliphatic carbocycles. The first-order valence-corrected chi connectivity index (χ1v) is 6.02. The maximum atomic E-state index is 12.3. The van der Waals surface area contributed by atoms with Crippen molar-refractivity contribution in [2.75, 3.05) is 0 Å². The molecule has 5 atom stereocenters. The molecular weight excluding hydrogens is 232 g/mol. The van der Waals surface area contributed by atoms with E-state index in [2.05, 4.69) is 0 Å². The molecule has 4 rings (SSSR count). The first-order valence-electron chi connectivity index (χ1n) is 6.02. The van der Waals surface area contributed by atoms with Crippen molar-refractivity contribution in [3.05, 3.63) is 24.3 Å². The summed E-state index contributed by atoms with van der Waals surface area (Å²) in [6.07, 6.45) is 5.92. The van der Waals surface area contributed by atoms with E-state index in [1.807, 2.05) is 0 Å². The monoisotopic (exact) mass is 246 g/mol. The van der Waals surface area contributed by atoms with Crippen LogP contribution >= 0.6 is 0 Å². The number of aliphatic hydroxyl groups is 1. The van der Waals surface area contributed by atoms with Gasteiger partial charge in [0.1, 0.15) is 5.60 Å². The van der Waals surface area contributed by atoms with E-state index >= 15 is 0 Å². The van der Waals surface area contributed by atoms with Crippen LogP contribution in [0, 0.1) is 23.2 Å². The van der Waals surface area contributed by atoms with Gasteiger partial charge in [-0.1, -0.05) is 12.2 Å². The Morgan fingerprint density at radius 3 is 2.39 bits per heavy atom. The third-order valence-electron chi connectivity index (χ3n) is 4.69. The zero-order valence-electron chi connectivity index (χ0n) is 10.2. The van der Waals surface area contributed by atoms with Crippen molar-refractivity contribution >= 4 is 17.3 Å². The van der Waals surface area contributed by atoms with Crippen LogP contribution in [0.2, 0.25) is 0 Å². The summed E-state index contributed by atoms with van der Waals surface area (Å²) in [5.41, 5.74) is -2.63. The molecule has 4 nitrogen and oxygen atoms in total. The number of hydrogen-bond donors (Lipinski definition) is 1. The minimum atomic E-state index is -1.56. The molecule has 5 unspecified atom stereocenters. The highest BCUT2D eigenvalue weighted by molar-refractivity contribution is 6.13. The first kappa shape index (κ1) is 11.5. The molecule has 94 valence electrons. The Morgan fingerprint density at radius 2 is 1.72 bits per heavy atom. The number of fused-ring (bicyclic) bond motifs is 1. The van der Waals surface area contributed by atoms with Crippen LogP contribution in [0.15, 0.2) is 24.3 Å². The number of carbonyl (C=O) groups excluding carboxylic acids is 3. The van der Waals surface area contributed by atoms with Crippen molar-refractivity contribution in [3.63, 3.8) is 0 Å². The van der Waals surface area contributed by atoms with Crippen LogP contribution < -0.4 is 0 Å². The summed E-state index contributed by atoms with van der Waals surface area (Å²) in [6.45, 7) is 3.08. The summed E-state index contributed by atoms with van der Waals surface area (Å²) in [6, 6.07) is 0. The molecular formula is C14H14O4. The van der Waals surface area contributed by atoms with E-state index in [1.165, 1.54) is 19.1 Å². The minimum absolute atomic E-state index is 0.173. The van der Waals surface area contributed by atoms with E-state index in [9.17, 15) is 19.5 Å². The molecule has 0 spiro atoms. The van der Waals surface area contributed by atoms with Gasteiger partial charge in [0.15, 0.2) is 17.3 Å². The van der Waals surface area contributed by atoms with Crippen LogP contribution in [-0.2, 0) is 14.4 Å². The van der Waals surface area contributed by atoms with Gasteiger partial charge in [-0.15, -0.1) is 0 Å². The van der Waals surface area contributed by atoms with E-state index < -0.39 is 28.8 Å². The van der Waals surface area contributed by atoms with Crippen LogP contribution in [-0.4, -0.2) is 28.1 Å². The highest BCUT2D eigenvalue weighted by atomic mass is 16.3.